The Morgan fingerprint density at radius 1 is 1.00 bits per heavy atom. The van der Waals surface area contributed by atoms with Crippen LogP contribution in [0, 0.1) is 11.8 Å². The van der Waals surface area contributed by atoms with E-state index in [9.17, 15) is 14.4 Å². The van der Waals surface area contributed by atoms with Crippen molar-refractivity contribution < 1.29 is 14.3 Å². The van der Waals surface area contributed by atoms with Crippen molar-refractivity contribution >= 4 is 29.0 Å². The number of methoxy groups -OCH3 is 1. The van der Waals surface area contributed by atoms with Crippen LogP contribution in [0.4, 0.5) is 21.9 Å². The van der Waals surface area contributed by atoms with E-state index in [1.54, 1.807) is 37.4 Å². The average molecular weight is 544 g/mol. The Bertz CT molecular complexity index is 1450. The van der Waals surface area contributed by atoms with Crippen LogP contribution in [0.3, 0.4) is 0 Å². The minimum atomic E-state index is -0.416. The van der Waals surface area contributed by atoms with Crippen LogP contribution in [0.2, 0.25) is 0 Å². The van der Waals surface area contributed by atoms with Gasteiger partial charge in [0.25, 0.3) is 11.5 Å². The largest absolute Gasteiger partial charge is 0.497 e. The third-order valence-corrected chi connectivity index (χ3v) is 7.66. The zero-order valence-electron chi connectivity index (χ0n) is 23.3. The van der Waals surface area contributed by atoms with Crippen molar-refractivity contribution in [3.05, 3.63) is 82.3 Å². The van der Waals surface area contributed by atoms with Crippen molar-refractivity contribution in [1.29, 1.82) is 0 Å². The Morgan fingerprint density at radius 3 is 2.62 bits per heavy atom. The maximum Gasteiger partial charge on any atom is 0.323 e. The average Bonchev–Trinajstić information content (AvgIpc) is 2.93. The summed E-state index contributed by atoms with van der Waals surface area (Å²) in [6.07, 6.45) is 1.91. The number of rotatable bonds is 8. The molecule has 3 aromatic rings. The van der Waals surface area contributed by atoms with Crippen molar-refractivity contribution in [2.45, 2.75) is 39.2 Å². The van der Waals surface area contributed by atoms with Gasteiger partial charge in [-0.15, -0.1) is 0 Å². The highest BCUT2D eigenvalue weighted by Gasteiger charge is 2.35. The van der Waals surface area contributed by atoms with Crippen LogP contribution >= 0.6 is 0 Å². The van der Waals surface area contributed by atoms with Gasteiger partial charge in [-0.2, -0.15) is 0 Å². The molecule has 5 rings (SSSR count). The molecule has 1 saturated heterocycles. The highest BCUT2D eigenvalue weighted by atomic mass is 16.5. The lowest BCUT2D eigenvalue weighted by Crippen LogP contribution is -2.47. The van der Waals surface area contributed by atoms with Gasteiger partial charge in [-0.25, -0.2) is 4.79 Å². The highest BCUT2D eigenvalue weighted by molar-refractivity contribution is 6.04. The molecule has 2 atom stereocenters. The number of ether oxygens (including phenoxy) is 1. The predicted molar refractivity (Wildman–Crippen MR) is 158 cm³/mol. The van der Waals surface area contributed by atoms with E-state index in [0.717, 1.165) is 30.8 Å². The fourth-order valence-electron chi connectivity index (χ4n) is 5.71. The number of amides is 3. The summed E-state index contributed by atoms with van der Waals surface area (Å²) in [6.45, 7) is 6.97. The zero-order chi connectivity index (χ0) is 28.2. The number of aromatic nitrogens is 1. The first kappa shape index (κ1) is 27.3. The molecule has 210 valence electrons. The number of carbonyl (C=O) groups excluding carboxylic acids is 2. The van der Waals surface area contributed by atoms with E-state index in [2.05, 4.69) is 34.7 Å². The second kappa shape index (κ2) is 11.9. The molecule has 2 aliphatic heterocycles. The number of hydrogen-bond acceptors (Lipinski definition) is 5. The minimum Gasteiger partial charge on any atom is -0.497 e. The molecule has 1 fully saturated rings. The molecule has 9 nitrogen and oxygen atoms in total. The van der Waals surface area contributed by atoms with E-state index < -0.39 is 6.03 Å². The van der Waals surface area contributed by atoms with Crippen molar-refractivity contribution in [3.63, 3.8) is 0 Å². The molecule has 40 heavy (non-hydrogen) atoms. The lowest BCUT2D eigenvalue weighted by Gasteiger charge is -2.44. The van der Waals surface area contributed by atoms with Gasteiger partial charge in [-0.05, 0) is 61.1 Å². The van der Waals surface area contributed by atoms with Gasteiger partial charge in [-0.3, -0.25) is 9.59 Å². The van der Waals surface area contributed by atoms with Crippen LogP contribution < -0.4 is 31.1 Å². The first-order valence-corrected chi connectivity index (χ1v) is 13.9. The number of hydrogen-bond donors (Lipinski definition) is 3. The summed E-state index contributed by atoms with van der Waals surface area (Å²) in [7, 11) is 1.58. The highest BCUT2D eigenvalue weighted by Crippen LogP contribution is 2.39. The summed E-state index contributed by atoms with van der Waals surface area (Å²) >= 11 is 0. The number of anilines is 3. The summed E-state index contributed by atoms with van der Waals surface area (Å²) in [4.78, 5) is 40.8. The van der Waals surface area contributed by atoms with Crippen LogP contribution in [0.25, 0.3) is 0 Å². The van der Waals surface area contributed by atoms with Crippen molar-refractivity contribution in [1.82, 2.24) is 9.88 Å². The van der Waals surface area contributed by atoms with Crippen LogP contribution in [0.15, 0.2) is 65.5 Å². The normalized spacial score (nSPS) is 17.6. The maximum atomic E-state index is 13.1. The molecular weight excluding hydrogens is 506 g/mol. The molecule has 1 aromatic heterocycles. The molecule has 0 aliphatic carbocycles. The van der Waals surface area contributed by atoms with Gasteiger partial charge in [0.15, 0.2) is 0 Å². The summed E-state index contributed by atoms with van der Waals surface area (Å²) in [5.41, 5.74) is 3.59. The smallest absolute Gasteiger partial charge is 0.323 e. The summed E-state index contributed by atoms with van der Waals surface area (Å²) < 4.78 is 7.17. The Hall–Kier alpha value is -4.27. The minimum absolute atomic E-state index is 0.0463. The molecule has 2 bridgehead atoms. The molecule has 3 amide bonds. The number of nitrogens with one attached hydrogen (secondary N) is 3. The van der Waals surface area contributed by atoms with Gasteiger partial charge in [0.05, 0.1) is 18.5 Å². The monoisotopic (exact) mass is 543 g/mol. The van der Waals surface area contributed by atoms with Gasteiger partial charge in [0, 0.05) is 61.2 Å². The van der Waals surface area contributed by atoms with Gasteiger partial charge < -0.3 is 30.2 Å². The lowest BCUT2D eigenvalue weighted by molar-refractivity contribution is 0.0952. The lowest BCUT2D eigenvalue weighted by atomic mass is 9.83. The van der Waals surface area contributed by atoms with E-state index in [1.807, 2.05) is 34.9 Å². The van der Waals surface area contributed by atoms with Crippen LogP contribution in [0.1, 0.15) is 48.7 Å². The number of nitrogens with zero attached hydrogens (tertiary/aromatic N) is 2. The van der Waals surface area contributed by atoms with E-state index in [-0.39, 0.29) is 17.4 Å². The van der Waals surface area contributed by atoms with Crippen LogP contribution in [-0.4, -0.2) is 43.2 Å². The second-order valence-corrected chi connectivity index (χ2v) is 11.1. The van der Waals surface area contributed by atoms with Crippen LogP contribution in [0.5, 0.6) is 5.75 Å². The van der Waals surface area contributed by atoms with Gasteiger partial charge in [-0.1, -0.05) is 26.0 Å². The SMILES string of the molecule is COc1cccc(NC(=O)Nc2cc(C(=O)NCCC(C)C)ccc2N2C[C@H]3C[C@@H](C2)c2cccc(=O)n2C3)c1. The van der Waals surface area contributed by atoms with Crippen molar-refractivity contribution in [2.75, 3.05) is 42.3 Å². The third kappa shape index (κ3) is 6.14. The number of piperidine rings is 1. The van der Waals surface area contributed by atoms with Crippen LogP contribution in [-0.2, 0) is 6.54 Å². The number of pyridine rings is 1. The first-order valence-electron chi connectivity index (χ1n) is 13.9. The quantitative estimate of drug-likeness (QED) is 0.375. The third-order valence-electron chi connectivity index (χ3n) is 7.66. The second-order valence-electron chi connectivity index (χ2n) is 11.1. The van der Waals surface area contributed by atoms with E-state index in [0.29, 0.717) is 54.2 Å². The molecule has 3 N–H and O–H groups in total. The first-order chi connectivity index (χ1) is 19.3. The molecule has 0 unspecified atom stereocenters. The standard InChI is InChI=1S/C31H37N5O4/c1-20(2)12-13-32-30(38)22-10-11-28(26(15-22)34-31(39)33-24-6-4-7-25(16-24)40-3)35-17-21-14-23(19-35)27-8-5-9-29(37)36(27)18-21/h4-11,15-16,20-21,23H,12-14,17-19H2,1-3H3,(H,32,38)(H2,33,34,39)/t21-,23+/m1/s1. The molecule has 0 spiro atoms. The molecule has 9 heteroatoms. The van der Waals surface area contributed by atoms with Gasteiger partial charge in [0.1, 0.15) is 5.75 Å². The van der Waals surface area contributed by atoms with Gasteiger partial charge >= 0.3 is 6.03 Å². The van der Waals surface area contributed by atoms with E-state index in [4.69, 9.17) is 4.74 Å². The fourth-order valence-corrected chi connectivity index (χ4v) is 5.71. The fraction of sp³-hybridized carbons (Fsp3) is 0.387. The molecule has 0 saturated carbocycles. The van der Waals surface area contributed by atoms with Gasteiger partial charge in [0.2, 0.25) is 0 Å². The molecule has 0 radical (unpaired) electrons. The Labute approximate surface area is 234 Å². The molecule has 2 aromatic carbocycles. The zero-order valence-corrected chi connectivity index (χ0v) is 23.3. The molecular formula is C31H37N5O4. The Morgan fingerprint density at radius 2 is 1.82 bits per heavy atom. The topological polar surface area (TPSA) is 105 Å². The van der Waals surface area contributed by atoms with E-state index in [1.165, 1.54) is 0 Å². The summed E-state index contributed by atoms with van der Waals surface area (Å²) in [6, 6.07) is 17.7. The number of urea groups is 1. The number of carbonyl (C=O) groups is 2. The predicted octanol–water partition coefficient (Wildman–Crippen LogP) is 4.90. The molecule has 2 aliphatic rings. The number of fused-ring (bicyclic) bond motifs is 4. The Kier molecular flexibility index (Phi) is 8.09. The van der Waals surface area contributed by atoms with E-state index >= 15 is 0 Å². The number of benzene rings is 2. The van der Waals surface area contributed by atoms with Crippen molar-refractivity contribution in [2.24, 2.45) is 11.8 Å². The molecule has 3 heterocycles. The summed E-state index contributed by atoms with van der Waals surface area (Å²) in [5.74, 6) is 1.47. The summed E-state index contributed by atoms with van der Waals surface area (Å²) in [5, 5.41) is 8.84. The Balaban J connectivity index is 1.41. The maximum absolute atomic E-state index is 13.1. The van der Waals surface area contributed by atoms with Crippen molar-refractivity contribution in [3.8, 4) is 5.75 Å².